The minimum Gasteiger partial charge on any atom is -0.482 e. The van der Waals surface area contributed by atoms with Crippen molar-refractivity contribution < 1.29 is 13.9 Å². The molecule has 0 radical (unpaired) electrons. The number of imidazole rings is 1. The summed E-state index contributed by atoms with van der Waals surface area (Å²) in [7, 11) is 0. The SMILES string of the molecule is Cc1cccn2cc(CNC(=O)c3coc(COc4cccc5cccnc45)n3)nc12. The average molecular weight is 413 g/mol. The molecule has 0 aliphatic rings. The first kappa shape index (κ1) is 18.8. The van der Waals surface area contributed by atoms with E-state index in [4.69, 9.17) is 9.15 Å². The Balaban J connectivity index is 1.22. The average Bonchev–Trinajstić information content (AvgIpc) is 3.44. The van der Waals surface area contributed by atoms with Gasteiger partial charge in [-0.1, -0.05) is 24.3 Å². The van der Waals surface area contributed by atoms with Gasteiger partial charge in [-0.25, -0.2) is 9.97 Å². The van der Waals surface area contributed by atoms with Crippen molar-refractivity contribution in [3.8, 4) is 5.75 Å². The number of fused-ring (bicyclic) bond motifs is 2. The number of pyridine rings is 2. The van der Waals surface area contributed by atoms with Crippen molar-refractivity contribution in [2.24, 2.45) is 0 Å². The van der Waals surface area contributed by atoms with Crippen molar-refractivity contribution in [2.45, 2.75) is 20.1 Å². The van der Waals surface area contributed by atoms with Crippen LogP contribution >= 0.6 is 0 Å². The number of ether oxygens (including phenoxy) is 1. The van der Waals surface area contributed by atoms with E-state index in [1.807, 2.05) is 66.2 Å². The Morgan fingerprint density at radius 2 is 2.06 bits per heavy atom. The number of aryl methyl sites for hydroxylation is 1. The van der Waals surface area contributed by atoms with Gasteiger partial charge in [0.25, 0.3) is 5.91 Å². The molecule has 8 heteroatoms. The third kappa shape index (κ3) is 3.83. The van der Waals surface area contributed by atoms with Gasteiger partial charge in [0.15, 0.2) is 12.3 Å². The van der Waals surface area contributed by atoms with Crippen molar-refractivity contribution in [3.05, 3.63) is 90.2 Å². The molecule has 154 valence electrons. The van der Waals surface area contributed by atoms with Crippen LogP contribution in [-0.2, 0) is 13.2 Å². The monoisotopic (exact) mass is 413 g/mol. The molecule has 0 fully saturated rings. The van der Waals surface area contributed by atoms with E-state index in [0.29, 0.717) is 18.2 Å². The van der Waals surface area contributed by atoms with Crippen LogP contribution in [-0.4, -0.2) is 25.3 Å². The van der Waals surface area contributed by atoms with E-state index in [1.165, 1.54) is 6.26 Å². The first-order valence-corrected chi connectivity index (χ1v) is 9.80. The summed E-state index contributed by atoms with van der Waals surface area (Å²) in [4.78, 5) is 25.6. The first-order valence-electron chi connectivity index (χ1n) is 9.80. The molecule has 0 aliphatic heterocycles. The number of nitrogens with one attached hydrogen (secondary N) is 1. The molecule has 4 aromatic heterocycles. The molecule has 0 atom stereocenters. The molecular formula is C23H19N5O3. The summed E-state index contributed by atoms with van der Waals surface area (Å²) in [6, 6.07) is 13.5. The highest BCUT2D eigenvalue weighted by atomic mass is 16.5. The Labute approximate surface area is 177 Å². The normalized spacial score (nSPS) is 11.1. The van der Waals surface area contributed by atoms with Crippen LogP contribution in [0, 0.1) is 6.92 Å². The maximum Gasteiger partial charge on any atom is 0.273 e. The number of hydrogen-bond donors (Lipinski definition) is 1. The van der Waals surface area contributed by atoms with Crippen LogP contribution in [0.1, 0.15) is 27.6 Å². The highest BCUT2D eigenvalue weighted by Crippen LogP contribution is 2.23. The minimum atomic E-state index is -0.337. The quantitative estimate of drug-likeness (QED) is 0.456. The smallest absolute Gasteiger partial charge is 0.273 e. The number of carbonyl (C=O) groups excluding carboxylic acids is 1. The van der Waals surface area contributed by atoms with E-state index >= 15 is 0 Å². The Hall–Kier alpha value is -4.20. The summed E-state index contributed by atoms with van der Waals surface area (Å²) in [6.45, 7) is 2.38. The Kier molecular flexibility index (Phi) is 4.80. The van der Waals surface area contributed by atoms with Crippen molar-refractivity contribution in [2.75, 3.05) is 0 Å². The molecule has 4 heterocycles. The van der Waals surface area contributed by atoms with Crippen LogP contribution in [0.5, 0.6) is 5.75 Å². The maximum absolute atomic E-state index is 12.4. The zero-order valence-electron chi connectivity index (χ0n) is 16.8. The van der Waals surface area contributed by atoms with Crippen LogP contribution in [0.2, 0.25) is 0 Å². The Bertz CT molecular complexity index is 1380. The number of amides is 1. The van der Waals surface area contributed by atoms with E-state index < -0.39 is 0 Å². The second kappa shape index (κ2) is 7.91. The standard InChI is InChI=1S/C23H19N5O3/c1-15-5-4-10-28-12-17(26-22(15)28)11-25-23(29)18-13-31-20(27-18)14-30-19-8-2-6-16-7-3-9-24-21(16)19/h2-10,12-13H,11,14H2,1H3,(H,25,29). The molecule has 0 bridgehead atoms. The molecule has 1 amide bonds. The summed E-state index contributed by atoms with van der Waals surface area (Å²) >= 11 is 0. The number of rotatable bonds is 6. The number of hydrogen-bond acceptors (Lipinski definition) is 6. The van der Waals surface area contributed by atoms with Crippen molar-refractivity contribution in [1.82, 2.24) is 24.7 Å². The Morgan fingerprint density at radius 1 is 1.16 bits per heavy atom. The van der Waals surface area contributed by atoms with E-state index in [0.717, 1.165) is 27.8 Å². The molecule has 1 aromatic carbocycles. The third-order valence-electron chi connectivity index (χ3n) is 4.89. The van der Waals surface area contributed by atoms with Crippen LogP contribution in [0.15, 0.2) is 71.7 Å². The molecule has 0 saturated carbocycles. The fourth-order valence-electron chi connectivity index (χ4n) is 3.36. The van der Waals surface area contributed by atoms with Gasteiger partial charge in [-0.15, -0.1) is 0 Å². The van der Waals surface area contributed by atoms with Crippen LogP contribution < -0.4 is 10.1 Å². The summed E-state index contributed by atoms with van der Waals surface area (Å²) in [5.74, 6) is 0.599. The van der Waals surface area contributed by atoms with Crippen molar-refractivity contribution >= 4 is 22.5 Å². The highest BCUT2D eigenvalue weighted by Gasteiger charge is 2.14. The van der Waals surface area contributed by atoms with E-state index in [9.17, 15) is 4.79 Å². The minimum absolute atomic E-state index is 0.0919. The van der Waals surface area contributed by atoms with Gasteiger partial charge in [0.1, 0.15) is 23.2 Å². The molecule has 31 heavy (non-hydrogen) atoms. The van der Waals surface area contributed by atoms with Crippen LogP contribution in [0.4, 0.5) is 0 Å². The lowest BCUT2D eigenvalue weighted by molar-refractivity contribution is 0.0945. The van der Waals surface area contributed by atoms with Gasteiger partial charge in [-0.3, -0.25) is 9.78 Å². The fourth-order valence-corrected chi connectivity index (χ4v) is 3.36. The molecule has 0 aliphatic carbocycles. The maximum atomic E-state index is 12.4. The summed E-state index contributed by atoms with van der Waals surface area (Å²) < 4.78 is 13.1. The van der Waals surface area contributed by atoms with Gasteiger partial charge in [0.2, 0.25) is 5.89 Å². The van der Waals surface area contributed by atoms with Gasteiger partial charge in [-0.2, -0.15) is 0 Å². The number of carbonyl (C=O) groups is 1. The van der Waals surface area contributed by atoms with E-state index in [2.05, 4.69) is 20.3 Å². The zero-order chi connectivity index (χ0) is 21.2. The summed E-state index contributed by atoms with van der Waals surface area (Å²) in [6.07, 6.45) is 6.86. The third-order valence-corrected chi connectivity index (χ3v) is 4.89. The molecular weight excluding hydrogens is 394 g/mol. The van der Waals surface area contributed by atoms with Crippen molar-refractivity contribution in [1.29, 1.82) is 0 Å². The number of oxazole rings is 1. The summed E-state index contributed by atoms with van der Waals surface area (Å²) in [5.41, 5.74) is 3.66. The number of benzene rings is 1. The number of nitrogens with zero attached hydrogens (tertiary/aromatic N) is 4. The van der Waals surface area contributed by atoms with Gasteiger partial charge in [0.05, 0.1) is 12.2 Å². The molecule has 0 saturated heterocycles. The summed E-state index contributed by atoms with van der Waals surface area (Å²) in [5, 5.41) is 3.80. The topological polar surface area (TPSA) is 94.5 Å². The fraction of sp³-hybridized carbons (Fsp3) is 0.130. The Morgan fingerprint density at radius 3 is 2.97 bits per heavy atom. The van der Waals surface area contributed by atoms with E-state index in [-0.39, 0.29) is 18.2 Å². The molecule has 0 spiro atoms. The molecule has 5 aromatic rings. The van der Waals surface area contributed by atoms with Gasteiger partial charge < -0.3 is 18.9 Å². The molecule has 1 N–H and O–H groups in total. The highest BCUT2D eigenvalue weighted by molar-refractivity contribution is 5.91. The van der Waals surface area contributed by atoms with E-state index in [1.54, 1.807) is 6.20 Å². The van der Waals surface area contributed by atoms with Gasteiger partial charge in [0, 0.05) is 24.0 Å². The lowest BCUT2D eigenvalue weighted by Gasteiger charge is -2.06. The zero-order valence-corrected chi connectivity index (χ0v) is 16.8. The van der Waals surface area contributed by atoms with Crippen molar-refractivity contribution in [3.63, 3.8) is 0 Å². The van der Waals surface area contributed by atoms with Gasteiger partial charge in [-0.05, 0) is 30.7 Å². The molecule has 0 unspecified atom stereocenters. The lowest BCUT2D eigenvalue weighted by Crippen LogP contribution is -2.23. The predicted molar refractivity (Wildman–Crippen MR) is 114 cm³/mol. The second-order valence-corrected chi connectivity index (χ2v) is 7.08. The first-order chi connectivity index (χ1) is 15.2. The van der Waals surface area contributed by atoms with Gasteiger partial charge >= 0.3 is 0 Å². The predicted octanol–water partition coefficient (Wildman–Crippen LogP) is 3.69. The molecule has 8 nitrogen and oxygen atoms in total. The van der Waals surface area contributed by atoms with Crippen LogP contribution in [0.25, 0.3) is 16.6 Å². The lowest BCUT2D eigenvalue weighted by atomic mass is 10.2. The number of aromatic nitrogens is 4. The van der Waals surface area contributed by atoms with Crippen LogP contribution in [0.3, 0.4) is 0 Å². The largest absolute Gasteiger partial charge is 0.482 e. The number of para-hydroxylation sites is 1. The second-order valence-electron chi connectivity index (χ2n) is 7.08. The molecule has 5 rings (SSSR count).